The Bertz CT molecular complexity index is 936. The highest BCUT2D eigenvalue weighted by Gasteiger charge is 2.38. The lowest BCUT2D eigenvalue weighted by Gasteiger charge is -2.21. The van der Waals surface area contributed by atoms with Crippen molar-refractivity contribution in [1.82, 2.24) is 5.32 Å². The largest absolute Gasteiger partial charge is 0.490 e. The van der Waals surface area contributed by atoms with Crippen LogP contribution in [0.25, 0.3) is 0 Å². The number of carboxylic acids is 1. The summed E-state index contributed by atoms with van der Waals surface area (Å²) in [5, 5.41) is 19.8. The summed E-state index contributed by atoms with van der Waals surface area (Å²) in [6.07, 6.45) is -6.35. The van der Waals surface area contributed by atoms with Crippen molar-refractivity contribution in [2.45, 2.75) is 31.8 Å². The Hall–Kier alpha value is -3.12. The molecule has 1 amide bonds. The van der Waals surface area contributed by atoms with E-state index in [2.05, 4.69) is 5.32 Å². The zero-order valence-corrected chi connectivity index (χ0v) is 15.9. The molecule has 0 aromatic heterocycles. The van der Waals surface area contributed by atoms with Crippen LogP contribution in [0.15, 0.2) is 36.4 Å². The van der Waals surface area contributed by atoms with E-state index in [0.717, 1.165) is 12.1 Å². The molecule has 0 fully saturated rings. The first kappa shape index (κ1) is 25.9. The van der Waals surface area contributed by atoms with Crippen molar-refractivity contribution in [1.29, 1.82) is 0 Å². The first-order valence-corrected chi connectivity index (χ1v) is 8.51. The number of halogens is 6. The summed E-state index contributed by atoms with van der Waals surface area (Å²) in [5.41, 5.74) is 5.68. The first-order valence-electron chi connectivity index (χ1n) is 8.51. The van der Waals surface area contributed by atoms with E-state index in [1.165, 1.54) is 31.2 Å². The van der Waals surface area contributed by atoms with Crippen LogP contribution in [0, 0.1) is 17.5 Å². The molecule has 0 aliphatic carbocycles. The maximum Gasteiger partial charge on any atom is 0.490 e. The smallest absolute Gasteiger partial charge is 0.475 e. The Kier molecular flexibility index (Phi) is 9.01. The lowest BCUT2D eigenvalue weighted by atomic mass is 10.0. The van der Waals surface area contributed by atoms with Crippen LogP contribution in [0.4, 0.5) is 26.3 Å². The van der Waals surface area contributed by atoms with E-state index in [0.29, 0.717) is 0 Å². The Labute approximate surface area is 172 Å². The second-order valence-corrected chi connectivity index (χ2v) is 6.15. The van der Waals surface area contributed by atoms with Crippen LogP contribution in [0.3, 0.4) is 0 Å². The molecule has 2 aromatic carbocycles. The van der Waals surface area contributed by atoms with Gasteiger partial charge in [-0.2, -0.15) is 13.2 Å². The van der Waals surface area contributed by atoms with Crippen molar-refractivity contribution < 1.29 is 46.1 Å². The van der Waals surface area contributed by atoms with Crippen molar-refractivity contribution in [3.63, 3.8) is 0 Å². The number of aliphatic hydroxyl groups is 1. The molecule has 2 unspecified atom stereocenters. The lowest BCUT2D eigenvalue weighted by Crippen LogP contribution is -2.37. The Morgan fingerprint density at radius 1 is 1.06 bits per heavy atom. The number of alkyl halides is 3. The minimum atomic E-state index is -5.08. The number of nitrogens with two attached hydrogens (primary N) is 1. The molecule has 2 rings (SSSR count). The van der Waals surface area contributed by atoms with Gasteiger partial charge in [-0.25, -0.2) is 18.0 Å². The molecule has 0 spiro atoms. The van der Waals surface area contributed by atoms with E-state index in [1.807, 2.05) is 0 Å². The molecule has 0 heterocycles. The van der Waals surface area contributed by atoms with Crippen molar-refractivity contribution in [2.24, 2.45) is 5.73 Å². The van der Waals surface area contributed by atoms with Crippen LogP contribution >= 0.6 is 0 Å². The summed E-state index contributed by atoms with van der Waals surface area (Å²) in [5.74, 6) is -6.11. The molecule has 31 heavy (non-hydrogen) atoms. The Morgan fingerprint density at radius 2 is 1.65 bits per heavy atom. The average Bonchev–Trinajstić information content (AvgIpc) is 2.68. The maximum absolute atomic E-state index is 13.7. The number of benzene rings is 2. The molecule has 2 atom stereocenters. The molecule has 6 nitrogen and oxygen atoms in total. The second-order valence-electron chi connectivity index (χ2n) is 6.15. The number of nitrogens with one attached hydrogen (secondary N) is 1. The van der Waals surface area contributed by atoms with Crippen LogP contribution in [-0.2, 0) is 11.3 Å². The highest BCUT2D eigenvalue weighted by Crippen LogP contribution is 2.20. The van der Waals surface area contributed by atoms with Gasteiger partial charge in [0.15, 0.2) is 11.6 Å². The zero-order chi connectivity index (χ0) is 23.9. The highest BCUT2D eigenvalue weighted by atomic mass is 19.4. The number of aliphatic carboxylic acids is 1. The normalized spacial score (nSPS) is 12.9. The van der Waals surface area contributed by atoms with Gasteiger partial charge in [-0.3, -0.25) is 4.79 Å². The maximum atomic E-state index is 13.7. The van der Waals surface area contributed by atoms with Gasteiger partial charge in [-0.1, -0.05) is 12.1 Å². The van der Waals surface area contributed by atoms with Crippen molar-refractivity contribution in [2.75, 3.05) is 0 Å². The van der Waals surface area contributed by atoms with Crippen molar-refractivity contribution >= 4 is 11.9 Å². The van der Waals surface area contributed by atoms with Gasteiger partial charge in [0.25, 0.3) is 5.91 Å². The highest BCUT2D eigenvalue weighted by molar-refractivity contribution is 5.96. The predicted molar refractivity (Wildman–Crippen MR) is 96.2 cm³/mol. The second kappa shape index (κ2) is 10.8. The number of amides is 1. The van der Waals surface area contributed by atoms with Gasteiger partial charge in [0.2, 0.25) is 0 Å². The van der Waals surface area contributed by atoms with Crippen LogP contribution in [0.1, 0.15) is 34.5 Å². The number of carbonyl (C=O) groups excluding carboxylic acids is 1. The van der Waals surface area contributed by atoms with Gasteiger partial charge in [-0.05, 0) is 36.8 Å². The summed E-state index contributed by atoms with van der Waals surface area (Å²) in [4.78, 5) is 21.2. The summed E-state index contributed by atoms with van der Waals surface area (Å²) >= 11 is 0. The van der Waals surface area contributed by atoms with Gasteiger partial charge in [0.05, 0.1) is 12.1 Å². The van der Waals surface area contributed by atoms with Gasteiger partial charge in [0.1, 0.15) is 5.82 Å². The molecule has 0 radical (unpaired) electrons. The summed E-state index contributed by atoms with van der Waals surface area (Å²) < 4.78 is 71.6. The third-order valence-electron chi connectivity index (χ3n) is 3.93. The number of carboxylic acid groups (broad SMARTS) is 1. The molecule has 12 heteroatoms. The van der Waals surface area contributed by atoms with E-state index >= 15 is 0 Å². The first-order chi connectivity index (χ1) is 14.3. The third-order valence-corrected chi connectivity index (χ3v) is 3.93. The minimum absolute atomic E-state index is 0.0573. The van der Waals surface area contributed by atoms with Gasteiger partial charge < -0.3 is 21.3 Å². The summed E-state index contributed by atoms with van der Waals surface area (Å²) in [6.45, 7) is 1.33. The van der Waals surface area contributed by atoms with E-state index in [-0.39, 0.29) is 23.2 Å². The van der Waals surface area contributed by atoms with Gasteiger partial charge in [-0.15, -0.1) is 0 Å². The third kappa shape index (κ3) is 7.26. The molecule has 170 valence electrons. The SMILES string of the molecule is CC(NC(=O)c1cccc(F)c1CN)C(O)c1ccc(F)c(F)c1.O=C(O)C(F)(F)F. The molecular formula is C19H18F6N2O4. The predicted octanol–water partition coefficient (Wildman–Crippen LogP) is 3.05. The fraction of sp³-hybridized carbons (Fsp3) is 0.263. The van der Waals surface area contributed by atoms with Gasteiger partial charge >= 0.3 is 12.1 Å². The fourth-order valence-electron chi connectivity index (χ4n) is 2.33. The van der Waals surface area contributed by atoms with E-state index in [9.17, 15) is 36.2 Å². The van der Waals surface area contributed by atoms with E-state index in [4.69, 9.17) is 15.6 Å². The summed E-state index contributed by atoms with van der Waals surface area (Å²) in [7, 11) is 0. The van der Waals surface area contributed by atoms with Crippen LogP contribution in [0.2, 0.25) is 0 Å². The lowest BCUT2D eigenvalue weighted by molar-refractivity contribution is -0.192. The molecular weight excluding hydrogens is 434 g/mol. The number of hydrogen-bond acceptors (Lipinski definition) is 4. The van der Waals surface area contributed by atoms with Crippen molar-refractivity contribution in [3.05, 3.63) is 70.5 Å². The standard InChI is InChI=1S/C17H17F3N2O2.C2HF3O2/c1-9(16(23)10-5-6-14(19)15(20)7-10)22-17(24)11-3-2-4-13(18)12(11)8-21;3-2(4,5)1(6)7/h2-7,9,16,23H,8,21H2,1H3,(H,22,24);(H,6,7). The average molecular weight is 452 g/mol. The number of aliphatic hydroxyl groups excluding tert-OH is 1. The minimum Gasteiger partial charge on any atom is -0.475 e. The summed E-state index contributed by atoms with van der Waals surface area (Å²) in [6, 6.07) is 6.13. The zero-order valence-electron chi connectivity index (χ0n) is 15.9. The number of rotatable bonds is 5. The molecule has 0 aliphatic rings. The van der Waals surface area contributed by atoms with Crippen LogP contribution in [-0.4, -0.2) is 34.3 Å². The monoisotopic (exact) mass is 452 g/mol. The van der Waals surface area contributed by atoms with Crippen LogP contribution in [0.5, 0.6) is 0 Å². The van der Waals surface area contributed by atoms with Crippen molar-refractivity contribution in [3.8, 4) is 0 Å². The van der Waals surface area contributed by atoms with Gasteiger partial charge in [0, 0.05) is 17.7 Å². The topological polar surface area (TPSA) is 113 Å². The quantitative estimate of drug-likeness (QED) is 0.521. The van der Waals surface area contributed by atoms with E-state index in [1.54, 1.807) is 0 Å². The van der Waals surface area contributed by atoms with E-state index < -0.39 is 47.7 Å². The van der Waals surface area contributed by atoms with Crippen LogP contribution < -0.4 is 11.1 Å². The Morgan fingerprint density at radius 3 is 2.13 bits per heavy atom. The fourth-order valence-corrected chi connectivity index (χ4v) is 2.33. The molecule has 0 saturated carbocycles. The number of hydrogen-bond donors (Lipinski definition) is 4. The molecule has 0 saturated heterocycles. The molecule has 0 aliphatic heterocycles. The molecule has 2 aromatic rings. The number of carbonyl (C=O) groups is 2. The molecule has 5 N–H and O–H groups in total. The Balaban J connectivity index is 0.000000592. The molecule has 0 bridgehead atoms.